The number of para-hydroxylation sites is 1. The van der Waals surface area contributed by atoms with Crippen molar-refractivity contribution in [1.82, 2.24) is 15.0 Å². The minimum atomic E-state index is 0.412. The summed E-state index contributed by atoms with van der Waals surface area (Å²) >= 11 is 0. The lowest BCUT2D eigenvalue weighted by Crippen LogP contribution is -2.10. The van der Waals surface area contributed by atoms with Gasteiger partial charge in [0.05, 0.1) is 12.3 Å². The first-order valence-corrected chi connectivity index (χ1v) is 8.35. The molecule has 0 amide bonds. The largest absolute Gasteiger partial charge is 0.493 e. The third-order valence-corrected chi connectivity index (χ3v) is 3.77. The molecule has 1 heterocycles. The van der Waals surface area contributed by atoms with Crippen LogP contribution in [-0.4, -0.2) is 21.6 Å². The molecule has 2 aromatic rings. The molecule has 0 atom stereocenters. The number of aromatic nitrogens is 3. The first-order chi connectivity index (χ1) is 11.3. The first kappa shape index (κ1) is 17.0. The monoisotopic (exact) mass is 312 g/mol. The summed E-state index contributed by atoms with van der Waals surface area (Å²) < 4.78 is 7.57. The molecule has 0 fully saturated rings. The van der Waals surface area contributed by atoms with E-state index in [0.29, 0.717) is 18.7 Å². The van der Waals surface area contributed by atoms with Crippen LogP contribution in [0, 0.1) is 11.3 Å². The molecule has 122 valence electrons. The van der Waals surface area contributed by atoms with E-state index in [-0.39, 0.29) is 0 Å². The van der Waals surface area contributed by atoms with Crippen molar-refractivity contribution < 1.29 is 4.74 Å². The van der Waals surface area contributed by atoms with Crippen LogP contribution in [-0.2, 0) is 13.0 Å². The summed E-state index contributed by atoms with van der Waals surface area (Å²) in [5, 5.41) is 17.3. The Morgan fingerprint density at radius 2 is 1.91 bits per heavy atom. The summed E-state index contributed by atoms with van der Waals surface area (Å²) in [6.07, 6.45) is 6.67. The summed E-state index contributed by atoms with van der Waals surface area (Å²) in [5.74, 6) is 0.838. The fraction of sp³-hybridized carbons (Fsp3) is 0.500. The molecule has 0 unspecified atom stereocenters. The zero-order valence-electron chi connectivity index (χ0n) is 13.7. The third-order valence-electron chi connectivity index (χ3n) is 3.77. The normalized spacial score (nSPS) is 10.4. The van der Waals surface area contributed by atoms with Crippen molar-refractivity contribution in [2.24, 2.45) is 0 Å². The lowest BCUT2D eigenvalue weighted by Gasteiger charge is -2.08. The van der Waals surface area contributed by atoms with E-state index < -0.39 is 0 Å². The first-order valence-electron chi connectivity index (χ1n) is 8.35. The van der Waals surface area contributed by atoms with Crippen molar-refractivity contribution in [1.29, 1.82) is 5.26 Å². The van der Waals surface area contributed by atoms with Crippen LogP contribution < -0.4 is 4.74 Å². The molecule has 0 saturated heterocycles. The van der Waals surface area contributed by atoms with Gasteiger partial charge >= 0.3 is 0 Å². The Bertz CT molecular complexity index is 616. The molecule has 5 heteroatoms. The van der Waals surface area contributed by atoms with Crippen LogP contribution in [0.2, 0.25) is 0 Å². The Balaban J connectivity index is 1.86. The second-order valence-corrected chi connectivity index (χ2v) is 5.55. The van der Waals surface area contributed by atoms with Gasteiger partial charge in [0.2, 0.25) is 0 Å². The summed E-state index contributed by atoms with van der Waals surface area (Å²) in [6.45, 7) is 3.54. The van der Waals surface area contributed by atoms with Crippen LogP contribution in [0.5, 0.6) is 5.75 Å². The Kier molecular flexibility index (Phi) is 7.12. The van der Waals surface area contributed by atoms with Crippen molar-refractivity contribution >= 4 is 0 Å². The van der Waals surface area contributed by atoms with E-state index in [1.165, 1.54) is 25.7 Å². The molecule has 1 aromatic carbocycles. The number of nitrogens with zero attached hydrogens (tertiary/aromatic N) is 4. The second kappa shape index (κ2) is 9.62. The number of hydrogen-bond acceptors (Lipinski definition) is 4. The van der Waals surface area contributed by atoms with Crippen molar-refractivity contribution in [3.05, 3.63) is 41.7 Å². The Hall–Kier alpha value is -2.35. The van der Waals surface area contributed by atoms with Gasteiger partial charge in [-0.2, -0.15) is 5.26 Å². The summed E-state index contributed by atoms with van der Waals surface area (Å²) in [4.78, 5) is 0. The number of unbranched alkanes of at least 4 members (excludes halogenated alkanes) is 4. The Morgan fingerprint density at radius 1 is 1.13 bits per heavy atom. The molecular weight excluding hydrogens is 288 g/mol. The summed E-state index contributed by atoms with van der Waals surface area (Å²) in [7, 11) is 0. The zero-order valence-corrected chi connectivity index (χ0v) is 13.7. The number of ether oxygens (including phenoxy) is 1. The van der Waals surface area contributed by atoms with Crippen LogP contribution in [0.15, 0.2) is 30.3 Å². The fourth-order valence-corrected chi connectivity index (χ4v) is 2.49. The van der Waals surface area contributed by atoms with Gasteiger partial charge in [0.25, 0.3) is 0 Å². The average Bonchev–Trinajstić information content (AvgIpc) is 2.98. The van der Waals surface area contributed by atoms with E-state index in [9.17, 15) is 5.26 Å². The van der Waals surface area contributed by atoms with E-state index in [0.717, 1.165) is 24.4 Å². The van der Waals surface area contributed by atoms with Gasteiger partial charge in [-0.1, -0.05) is 56.0 Å². The van der Waals surface area contributed by atoms with E-state index in [2.05, 4.69) is 23.3 Å². The molecule has 0 aliphatic rings. The molecule has 2 rings (SSSR count). The predicted octanol–water partition coefficient (Wildman–Crippen LogP) is 3.74. The minimum Gasteiger partial charge on any atom is -0.493 e. The smallest absolute Gasteiger partial charge is 0.185 e. The SMILES string of the molecule is CCCCCCCn1nnc(C#N)c1CCOc1ccccc1. The lowest BCUT2D eigenvalue weighted by atomic mass is 10.1. The predicted molar refractivity (Wildman–Crippen MR) is 89.1 cm³/mol. The van der Waals surface area contributed by atoms with Crippen LogP contribution in [0.3, 0.4) is 0 Å². The molecule has 0 N–H and O–H groups in total. The van der Waals surface area contributed by atoms with Crippen molar-refractivity contribution in [3.63, 3.8) is 0 Å². The van der Waals surface area contributed by atoms with Gasteiger partial charge in [-0.15, -0.1) is 5.10 Å². The molecule has 1 aromatic heterocycles. The molecule has 0 radical (unpaired) electrons. The van der Waals surface area contributed by atoms with E-state index in [1.807, 2.05) is 35.0 Å². The van der Waals surface area contributed by atoms with Crippen LogP contribution in [0.1, 0.15) is 50.4 Å². The van der Waals surface area contributed by atoms with Gasteiger partial charge in [-0.3, -0.25) is 0 Å². The number of hydrogen-bond donors (Lipinski definition) is 0. The van der Waals surface area contributed by atoms with E-state index in [1.54, 1.807) is 0 Å². The highest BCUT2D eigenvalue weighted by atomic mass is 16.5. The zero-order chi connectivity index (χ0) is 16.3. The second-order valence-electron chi connectivity index (χ2n) is 5.55. The molecule has 0 saturated carbocycles. The van der Waals surface area contributed by atoms with Gasteiger partial charge < -0.3 is 4.74 Å². The van der Waals surface area contributed by atoms with Crippen LogP contribution in [0.25, 0.3) is 0 Å². The summed E-state index contributed by atoms with van der Waals surface area (Å²) in [6, 6.07) is 11.8. The van der Waals surface area contributed by atoms with Gasteiger partial charge in [0.15, 0.2) is 5.69 Å². The molecule has 0 bridgehead atoms. The Morgan fingerprint density at radius 3 is 2.65 bits per heavy atom. The van der Waals surface area contributed by atoms with Crippen molar-refractivity contribution in [3.8, 4) is 11.8 Å². The van der Waals surface area contributed by atoms with E-state index >= 15 is 0 Å². The number of aryl methyl sites for hydroxylation is 1. The number of benzene rings is 1. The fourth-order valence-electron chi connectivity index (χ4n) is 2.49. The molecule has 0 aliphatic carbocycles. The maximum atomic E-state index is 9.18. The lowest BCUT2D eigenvalue weighted by molar-refractivity contribution is 0.316. The number of nitriles is 1. The van der Waals surface area contributed by atoms with Gasteiger partial charge in [0, 0.05) is 13.0 Å². The third kappa shape index (κ3) is 5.41. The van der Waals surface area contributed by atoms with Crippen LogP contribution >= 0.6 is 0 Å². The topological polar surface area (TPSA) is 63.7 Å². The average molecular weight is 312 g/mol. The van der Waals surface area contributed by atoms with Crippen molar-refractivity contribution in [2.75, 3.05) is 6.61 Å². The molecule has 0 aliphatic heterocycles. The standard InChI is InChI=1S/C18H24N4O/c1-2-3-4-5-9-13-22-18(17(15-19)20-21-22)12-14-23-16-10-7-6-8-11-16/h6-8,10-11H,2-5,9,12-14H2,1H3. The van der Waals surface area contributed by atoms with Gasteiger partial charge in [-0.25, -0.2) is 4.68 Å². The molecule has 23 heavy (non-hydrogen) atoms. The number of rotatable bonds is 10. The molecule has 0 spiro atoms. The highest BCUT2D eigenvalue weighted by Gasteiger charge is 2.12. The summed E-state index contributed by atoms with van der Waals surface area (Å²) in [5.41, 5.74) is 1.29. The van der Waals surface area contributed by atoms with Crippen LogP contribution in [0.4, 0.5) is 0 Å². The molecular formula is C18H24N4O. The van der Waals surface area contributed by atoms with Gasteiger partial charge in [-0.05, 0) is 18.6 Å². The molecule has 5 nitrogen and oxygen atoms in total. The minimum absolute atomic E-state index is 0.412. The maximum absolute atomic E-state index is 9.18. The van der Waals surface area contributed by atoms with Gasteiger partial charge in [0.1, 0.15) is 11.8 Å². The Labute approximate surface area is 137 Å². The quantitative estimate of drug-likeness (QED) is 0.627. The van der Waals surface area contributed by atoms with Crippen molar-refractivity contribution in [2.45, 2.75) is 52.0 Å². The maximum Gasteiger partial charge on any atom is 0.185 e. The highest BCUT2D eigenvalue weighted by molar-refractivity contribution is 5.25. The highest BCUT2D eigenvalue weighted by Crippen LogP contribution is 2.12. The van der Waals surface area contributed by atoms with E-state index in [4.69, 9.17) is 4.74 Å².